The van der Waals surface area contributed by atoms with Crippen molar-refractivity contribution in [3.63, 3.8) is 0 Å². The summed E-state index contributed by atoms with van der Waals surface area (Å²) < 4.78 is 5.92. The maximum Gasteiger partial charge on any atom is 0.311 e. The number of allylic oxidation sites excluding steroid dienone is 3. The Labute approximate surface area is 174 Å². The van der Waals surface area contributed by atoms with Gasteiger partial charge in [-0.3, -0.25) is 9.69 Å². The van der Waals surface area contributed by atoms with Gasteiger partial charge in [0.25, 0.3) is 0 Å². The van der Waals surface area contributed by atoms with E-state index in [1.54, 1.807) is 0 Å². The van der Waals surface area contributed by atoms with Gasteiger partial charge in [0, 0.05) is 44.3 Å². The summed E-state index contributed by atoms with van der Waals surface area (Å²) in [4.78, 5) is 17.7. The minimum absolute atomic E-state index is 0.0185. The van der Waals surface area contributed by atoms with Crippen molar-refractivity contribution in [3.05, 3.63) is 53.6 Å². The summed E-state index contributed by atoms with van der Waals surface area (Å²) in [5, 5.41) is 0. The molecule has 154 valence electrons. The van der Waals surface area contributed by atoms with Gasteiger partial charge in [0.1, 0.15) is 6.10 Å². The van der Waals surface area contributed by atoms with Gasteiger partial charge in [0.2, 0.25) is 0 Å². The zero-order valence-electron chi connectivity index (χ0n) is 17.6. The largest absolute Gasteiger partial charge is 0.461 e. The van der Waals surface area contributed by atoms with Crippen molar-refractivity contribution < 1.29 is 9.53 Å². The van der Waals surface area contributed by atoms with Crippen molar-refractivity contribution in [2.75, 3.05) is 37.6 Å². The highest BCUT2D eigenvalue weighted by Crippen LogP contribution is 2.52. The van der Waals surface area contributed by atoms with Crippen LogP contribution in [-0.4, -0.2) is 49.7 Å². The molecule has 0 spiro atoms. The Balaban J connectivity index is 1.28. The topological polar surface area (TPSA) is 32.8 Å². The lowest BCUT2D eigenvalue weighted by Gasteiger charge is -2.43. The van der Waals surface area contributed by atoms with Gasteiger partial charge in [-0.15, -0.1) is 0 Å². The molecule has 5 rings (SSSR count). The number of ether oxygens (including phenoxy) is 1. The fourth-order valence-electron chi connectivity index (χ4n) is 5.94. The number of esters is 1. The molecule has 0 aromatic heterocycles. The molecule has 0 saturated carbocycles. The third-order valence-electron chi connectivity index (χ3n) is 7.65. The van der Waals surface area contributed by atoms with E-state index in [4.69, 9.17) is 4.74 Å². The molecule has 2 fully saturated rings. The van der Waals surface area contributed by atoms with Gasteiger partial charge in [-0.25, -0.2) is 0 Å². The average molecular weight is 393 g/mol. The van der Waals surface area contributed by atoms with Crippen LogP contribution in [0.3, 0.4) is 0 Å². The summed E-state index contributed by atoms with van der Waals surface area (Å²) in [5.41, 5.74) is 4.36. The number of hydrogen-bond donors (Lipinski definition) is 0. The first-order valence-electron chi connectivity index (χ1n) is 11.2. The highest BCUT2D eigenvalue weighted by molar-refractivity contribution is 5.76. The van der Waals surface area contributed by atoms with Crippen molar-refractivity contribution in [2.45, 2.75) is 39.2 Å². The smallest absolute Gasteiger partial charge is 0.311 e. The minimum Gasteiger partial charge on any atom is -0.461 e. The van der Waals surface area contributed by atoms with Gasteiger partial charge < -0.3 is 9.64 Å². The van der Waals surface area contributed by atoms with E-state index >= 15 is 0 Å². The van der Waals surface area contributed by atoms with Crippen LogP contribution in [-0.2, 0) is 9.53 Å². The third kappa shape index (κ3) is 3.42. The molecule has 0 N–H and O–H groups in total. The zero-order chi connectivity index (χ0) is 20.0. The van der Waals surface area contributed by atoms with Gasteiger partial charge in [0.15, 0.2) is 0 Å². The van der Waals surface area contributed by atoms with Crippen LogP contribution in [0.1, 0.15) is 33.1 Å². The number of fused-ring (bicyclic) bond motifs is 2. The Morgan fingerprint density at radius 3 is 2.66 bits per heavy atom. The molecule has 0 bridgehead atoms. The zero-order valence-corrected chi connectivity index (χ0v) is 17.6. The van der Waals surface area contributed by atoms with E-state index in [0.29, 0.717) is 0 Å². The first kappa shape index (κ1) is 18.9. The first-order valence-corrected chi connectivity index (χ1v) is 11.2. The minimum atomic E-state index is -0.0185. The molecule has 4 aliphatic rings. The van der Waals surface area contributed by atoms with Gasteiger partial charge in [-0.2, -0.15) is 0 Å². The lowest BCUT2D eigenvalue weighted by atomic mass is 9.62. The highest BCUT2D eigenvalue weighted by atomic mass is 16.6. The second-order valence-corrected chi connectivity index (χ2v) is 9.55. The molecule has 2 aliphatic heterocycles. The van der Waals surface area contributed by atoms with Crippen molar-refractivity contribution in [1.82, 2.24) is 4.90 Å². The van der Waals surface area contributed by atoms with E-state index in [-0.39, 0.29) is 29.3 Å². The van der Waals surface area contributed by atoms with Crippen LogP contribution in [0.15, 0.2) is 53.6 Å². The fraction of sp³-hybridized carbons (Fsp3) is 0.560. The average Bonchev–Trinajstić information content (AvgIpc) is 3.01. The van der Waals surface area contributed by atoms with Crippen LogP contribution in [0.5, 0.6) is 0 Å². The summed E-state index contributed by atoms with van der Waals surface area (Å²) in [6.45, 7) is 9.45. The number of piperazine rings is 1. The quantitative estimate of drug-likeness (QED) is 0.727. The number of anilines is 1. The monoisotopic (exact) mass is 392 g/mol. The fourth-order valence-corrected chi connectivity index (χ4v) is 5.94. The molecule has 4 nitrogen and oxygen atoms in total. The summed E-state index contributed by atoms with van der Waals surface area (Å²) in [6.07, 6.45) is 8.14. The van der Waals surface area contributed by atoms with E-state index in [1.165, 1.54) is 23.3 Å². The number of nitrogens with zero attached hydrogens (tertiary/aromatic N) is 2. The molecule has 2 saturated heterocycles. The third-order valence-corrected chi connectivity index (χ3v) is 7.65. The Hall–Kier alpha value is -2.07. The number of para-hydroxylation sites is 1. The van der Waals surface area contributed by atoms with Crippen LogP contribution in [0.25, 0.3) is 0 Å². The van der Waals surface area contributed by atoms with Crippen LogP contribution in [0, 0.1) is 17.3 Å². The number of rotatable bonds is 3. The molecule has 4 heteroatoms. The number of hydrogen-bond acceptors (Lipinski definition) is 4. The Bertz CT molecular complexity index is 838. The van der Waals surface area contributed by atoms with E-state index in [0.717, 1.165) is 45.6 Å². The molecule has 4 atom stereocenters. The second-order valence-electron chi connectivity index (χ2n) is 9.55. The molecule has 2 aliphatic carbocycles. The van der Waals surface area contributed by atoms with Crippen molar-refractivity contribution in [3.8, 4) is 0 Å². The summed E-state index contributed by atoms with van der Waals surface area (Å²) >= 11 is 0. The van der Waals surface area contributed by atoms with E-state index in [9.17, 15) is 4.79 Å². The summed E-state index contributed by atoms with van der Waals surface area (Å²) in [5.74, 6) is 0.237. The van der Waals surface area contributed by atoms with Crippen LogP contribution < -0.4 is 4.90 Å². The number of carbonyl (C=O) groups excluding carboxylic acids is 1. The molecule has 1 unspecified atom stereocenters. The van der Waals surface area contributed by atoms with Crippen molar-refractivity contribution in [1.29, 1.82) is 0 Å². The molecule has 29 heavy (non-hydrogen) atoms. The Morgan fingerprint density at radius 1 is 1.14 bits per heavy atom. The standard InChI is InChI=1S/C25H32N2O2/c1-18-7-6-10-25(2)16-23-20(15-22(18)25)21(24(28)29-23)17-26-11-13-27(14-12-26)19-8-4-3-5-9-19/h3-5,7-9,15,20-21,23H,6,10-14,16-17H2,1-2H3/t20-,21?,23-,25-/m1/s1. The molecular weight excluding hydrogens is 360 g/mol. The molecular formula is C25H32N2O2. The predicted octanol–water partition coefficient (Wildman–Crippen LogP) is 4.04. The predicted molar refractivity (Wildman–Crippen MR) is 116 cm³/mol. The van der Waals surface area contributed by atoms with Crippen molar-refractivity contribution in [2.24, 2.45) is 17.3 Å². The molecule has 1 aromatic carbocycles. The van der Waals surface area contributed by atoms with Crippen LogP contribution in [0.2, 0.25) is 0 Å². The van der Waals surface area contributed by atoms with Crippen LogP contribution in [0.4, 0.5) is 5.69 Å². The SMILES string of the molecule is CC1=CCC[C@]2(C)C[C@H]3OC(=O)C(CN4CCN(c5ccccc5)CC4)[C@H]3C=C12. The first-order chi connectivity index (χ1) is 14.0. The van der Waals surface area contributed by atoms with Crippen LogP contribution >= 0.6 is 0 Å². The normalized spacial score (nSPS) is 34.8. The number of benzene rings is 1. The van der Waals surface area contributed by atoms with Crippen molar-refractivity contribution >= 4 is 11.7 Å². The van der Waals surface area contributed by atoms with Gasteiger partial charge in [-0.1, -0.05) is 42.8 Å². The molecule has 2 heterocycles. The maximum absolute atomic E-state index is 12.8. The lowest BCUT2D eigenvalue weighted by molar-refractivity contribution is -0.145. The van der Waals surface area contributed by atoms with Gasteiger partial charge >= 0.3 is 5.97 Å². The number of carbonyl (C=O) groups is 1. The highest BCUT2D eigenvalue weighted by Gasteiger charge is 2.51. The second kappa shape index (κ2) is 7.32. The molecule has 0 radical (unpaired) electrons. The van der Waals surface area contributed by atoms with E-state index in [1.807, 2.05) is 0 Å². The van der Waals surface area contributed by atoms with E-state index < -0.39 is 0 Å². The maximum atomic E-state index is 12.8. The lowest BCUT2D eigenvalue weighted by Crippen LogP contribution is -2.49. The van der Waals surface area contributed by atoms with Gasteiger partial charge in [0.05, 0.1) is 5.92 Å². The Morgan fingerprint density at radius 2 is 1.90 bits per heavy atom. The Kier molecular flexibility index (Phi) is 4.78. The summed E-state index contributed by atoms with van der Waals surface area (Å²) in [7, 11) is 0. The molecule has 1 aromatic rings. The van der Waals surface area contributed by atoms with Gasteiger partial charge in [-0.05, 0) is 49.3 Å². The summed E-state index contributed by atoms with van der Waals surface area (Å²) in [6, 6.07) is 10.6. The van der Waals surface area contributed by atoms with E-state index in [2.05, 4.69) is 66.1 Å². The molecule has 0 amide bonds.